The summed E-state index contributed by atoms with van der Waals surface area (Å²) in [4.78, 5) is 15.8. The molecule has 5 heteroatoms. The lowest BCUT2D eigenvalue weighted by Crippen LogP contribution is -2.04. The number of halogens is 2. The van der Waals surface area contributed by atoms with Gasteiger partial charge in [-0.25, -0.2) is 4.79 Å². The second-order valence-corrected chi connectivity index (χ2v) is 4.77. The Hall–Kier alpha value is -1.13. The summed E-state index contributed by atoms with van der Waals surface area (Å²) >= 11 is 9.48. The molecule has 88 valence electrons. The summed E-state index contributed by atoms with van der Waals surface area (Å²) in [7, 11) is 1.34. The second kappa shape index (κ2) is 4.63. The third-order valence-electron chi connectivity index (χ3n) is 2.52. The van der Waals surface area contributed by atoms with E-state index in [0.29, 0.717) is 20.6 Å². The Morgan fingerprint density at radius 1 is 1.47 bits per heavy atom. The number of nitrogens with zero attached hydrogens (tertiary/aromatic N) is 1. The molecule has 17 heavy (non-hydrogen) atoms. The predicted octanol–water partition coefficient (Wildman–Crippen LogP) is 3.75. The van der Waals surface area contributed by atoms with Crippen LogP contribution in [-0.4, -0.2) is 18.1 Å². The lowest BCUT2D eigenvalue weighted by molar-refractivity contribution is 0.0599. The molecule has 0 aliphatic heterocycles. The first-order valence-corrected chi connectivity index (χ1v) is 6.05. The number of methoxy groups -OCH3 is 1. The average Bonchev–Trinajstić information content (AvgIpc) is 2.33. The van der Waals surface area contributed by atoms with Crippen molar-refractivity contribution in [2.45, 2.75) is 6.92 Å². The predicted molar refractivity (Wildman–Crippen MR) is 70.5 cm³/mol. The van der Waals surface area contributed by atoms with Gasteiger partial charge in [0.1, 0.15) is 0 Å². The molecule has 0 radical (unpaired) electrons. The summed E-state index contributed by atoms with van der Waals surface area (Å²) in [5, 5.41) is 1.39. The lowest BCUT2D eigenvalue weighted by Gasteiger charge is -2.09. The standard InChI is InChI=1S/C12H9BrClNO2/c1-6-3-4-8(14)11-9(6)10(13)7(5-15-11)12(16)17-2/h3-5H,1-2H3. The van der Waals surface area contributed by atoms with Crippen molar-refractivity contribution < 1.29 is 9.53 Å². The normalized spacial score (nSPS) is 10.6. The topological polar surface area (TPSA) is 39.2 Å². The molecule has 0 spiro atoms. The molecule has 3 nitrogen and oxygen atoms in total. The van der Waals surface area contributed by atoms with Crippen LogP contribution < -0.4 is 0 Å². The van der Waals surface area contributed by atoms with Crippen LogP contribution in [-0.2, 0) is 4.74 Å². The van der Waals surface area contributed by atoms with E-state index in [1.807, 2.05) is 13.0 Å². The van der Waals surface area contributed by atoms with Crippen LogP contribution in [0.3, 0.4) is 0 Å². The van der Waals surface area contributed by atoms with Crippen LogP contribution in [0.5, 0.6) is 0 Å². The number of hydrogen-bond acceptors (Lipinski definition) is 3. The first-order valence-electron chi connectivity index (χ1n) is 4.88. The van der Waals surface area contributed by atoms with Gasteiger partial charge in [0.25, 0.3) is 0 Å². The van der Waals surface area contributed by atoms with Crippen molar-refractivity contribution >= 4 is 44.4 Å². The number of benzene rings is 1. The van der Waals surface area contributed by atoms with Gasteiger partial charge in [-0.2, -0.15) is 0 Å². The van der Waals surface area contributed by atoms with Crippen LogP contribution in [0, 0.1) is 6.92 Å². The molecule has 1 heterocycles. The second-order valence-electron chi connectivity index (χ2n) is 3.57. The van der Waals surface area contributed by atoms with Gasteiger partial charge < -0.3 is 4.74 Å². The molecule has 0 unspecified atom stereocenters. The fourth-order valence-electron chi connectivity index (χ4n) is 1.64. The SMILES string of the molecule is COC(=O)c1cnc2c(Cl)ccc(C)c2c1Br. The summed E-state index contributed by atoms with van der Waals surface area (Å²) in [6.07, 6.45) is 1.46. The largest absolute Gasteiger partial charge is 0.465 e. The monoisotopic (exact) mass is 313 g/mol. The van der Waals surface area contributed by atoms with Gasteiger partial charge >= 0.3 is 5.97 Å². The van der Waals surface area contributed by atoms with Gasteiger partial charge in [-0.15, -0.1) is 0 Å². The molecule has 0 atom stereocenters. The number of ether oxygens (including phenoxy) is 1. The highest BCUT2D eigenvalue weighted by Gasteiger charge is 2.16. The minimum absolute atomic E-state index is 0.394. The molecule has 1 aromatic heterocycles. The number of pyridine rings is 1. The summed E-state index contributed by atoms with van der Waals surface area (Å²) < 4.78 is 5.36. The fourth-order valence-corrected chi connectivity index (χ4v) is 2.61. The van der Waals surface area contributed by atoms with E-state index >= 15 is 0 Å². The average molecular weight is 315 g/mol. The Kier molecular flexibility index (Phi) is 3.35. The van der Waals surface area contributed by atoms with E-state index in [2.05, 4.69) is 20.9 Å². The quantitative estimate of drug-likeness (QED) is 0.753. The molecule has 0 bridgehead atoms. The first-order chi connectivity index (χ1) is 8.06. The molecule has 0 aliphatic carbocycles. The van der Waals surface area contributed by atoms with Crippen molar-refractivity contribution in [1.29, 1.82) is 0 Å². The Morgan fingerprint density at radius 2 is 2.18 bits per heavy atom. The van der Waals surface area contributed by atoms with Crippen molar-refractivity contribution in [3.63, 3.8) is 0 Å². The number of fused-ring (bicyclic) bond motifs is 1. The maximum absolute atomic E-state index is 11.5. The van der Waals surface area contributed by atoms with Gasteiger partial charge in [0, 0.05) is 16.1 Å². The molecule has 1 aromatic carbocycles. The van der Waals surface area contributed by atoms with Crippen LogP contribution in [0.2, 0.25) is 5.02 Å². The maximum Gasteiger partial charge on any atom is 0.340 e. The van der Waals surface area contributed by atoms with E-state index in [9.17, 15) is 4.79 Å². The third kappa shape index (κ3) is 2.03. The lowest BCUT2D eigenvalue weighted by atomic mass is 10.1. The smallest absolute Gasteiger partial charge is 0.340 e. The van der Waals surface area contributed by atoms with E-state index in [0.717, 1.165) is 10.9 Å². The molecule has 0 aliphatic rings. The number of carbonyl (C=O) groups is 1. The summed E-state index contributed by atoms with van der Waals surface area (Å²) in [5.74, 6) is -0.425. The summed E-state index contributed by atoms with van der Waals surface area (Å²) in [6.45, 7) is 1.94. The van der Waals surface area contributed by atoms with Gasteiger partial charge in [-0.1, -0.05) is 17.7 Å². The summed E-state index contributed by atoms with van der Waals surface area (Å²) in [6, 6.07) is 3.68. The Balaban J connectivity index is 2.84. The molecule has 0 N–H and O–H groups in total. The van der Waals surface area contributed by atoms with Crippen LogP contribution in [0.1, 0.15) is 15.9 Å². The Morgan fingerprint density at radius 3 is 2.82 bits per heavy atom. The van der Waals surface area contributed by atoms with Crippen molar-refractivity contribution in [1.82, 2.24) is 4.98 Å². The Bertz CT molecular complexity index is 613. The van der Waals surface area contributed by atoms with Crippen molar-refractivity contribution in [2.24, 2.45) is 0 Å². The van der Waals surface area contributed by atoms with E-state index in [-0.39, 0.29) is 0 Å². The van der Waals surface area contributed by atoms with Gasteiger partial charge in [-0.05, 0) is 34.5 Å². The zero-order chi connectivity index (χ0) is 12.6. The van der Waals surface area contributed by atoms with E-state index < -0.39 is 5.97 Å². The number of rotatable bonds is 1. The van der Waals surface area contributed by atoms with Gasteiger partial charge in [0.05, 0.1) is 23.2 Å². The minimum atomic E-state index is -0.425. The third-order valence-corrected chi connectivity index (χ3v) is 3.65. The fraction of sp³-hybridized carbons (Fsp3) is 0.167. The van der Waals surface area contributed by atoms with Crippen molar-refractivity contribution in [2.75, 3.05) is 7.11 Å². The number of aryl methyl sites for hydroxylation is 1. The summed E-state index contributed by atoms with van der Waals surface area (Å²) in [5.41, 5.74) is 2.06. The van der Waals surface area contributed by atoms with Crippen LogP contribution >= 0.6 is 27.5 Å². The molecular weight excluding hydrogens is 305 g/mol. The van der Waals surface area contributed by atoms with Crippen LogP contribution in [0.4, 0.5) is 0 Å². The van der Waals surface area contributed by atoms with Crippen LogP contribution in [0.25, 0.3) is 10.9 Å². The molecule has 2 aromatic rings. The van der Waals surface area contributed by atoms with Crippen molar-refractivity contribution in [3.05, 3.63) is 39.0 Å². The highest BCUT2D eigenvalue weighted by atomic mass is 79.9. The van der Waals surface area contributed by atoms with Gasteiger partial charge in [0.2, 0.25) is 0 Å². The first kappa shape index (κ1) is 12.3. The minimum Gasteiger partial charge on any atom is -0.465 e. The zero-order valence-corrected chi connectivity index (χ0v) is 11.6. The van der Waals surface area contributed by atoms with E-state index in [1.54, 1.807) is 6.07 Å². The van der Waals surface area contributed by atoms with E-state index in [4.69, 9.17) is 16.3 Å². The number of hydrogen-bond donors (Lipinski definition) is 0. The molecule has 0 saturated carbocycles. The molecule has 0 fully saturated rings. The maximum atomic E-state index is 11.5. The van der Waals surface area contributed by atoms with Crippen molar-refractivity contribution in [3.8, 4) is 0 Å². The van der Waals surface area contributed by atoms with Crippen LogP contribution in [0.15, 0.2) is 22.8 Å². The van der Waals surface area contributed by atoms with Gasteiger partial charge in [-0.3, -0.25) is 4.98 Å². The molecule has 0 amide bonds. The highest BCUT2D eigenvalue weighted by molar-refractivity contribution is 9.10. The highest BCUT2D eigenvalue weighted by Crippen LogP contribution is 2.32. The number of esters is 1. The van der Waals surface area contributed by atoms with E-state index in [1.165, 1.54) is 13.3 Å². The molecule has 0 saturated heterocycles. The van der Waals surface area contributed by atoms with Gasteiger partial charge in [0.15, 0.2) is 0 Å². The number of aromatic nitrogens is 1. The Labute approximate surface area is 112 Å². The molecular formula is C12H9BrClNO2. The number of carbonyl (C=O) groups excluding carboxylic acids is 1. The zero-order valence-electron chi connectivity index (χ0n) is 9.25. The molecule has 2 rings (SSSR count).